The number of thiazole rings is 1. The summed E-state index contributed by atoms with van der Waals surface area (Å²) in [5, 5.41) is 12.1. The van der Waals surface area contributed by atoms with Crippen molar-refractivity contribution in [2.24, 2.45) is 0 Å². The van der Waals surface area contributed by atoms with Crippen molar-refractivity contribution in [2.45, 2.75) is 13.1 Å². The molecule has 0 unspecified atom stereocenters. The van der Waals surface area contributed by atoms with Crippen LogP contribution in [0.2, 0.25) is 0 Å². The maximum absolute atomic E-state index is 12.8. The lowest BCUT2D eigenvalue weighted by Crippen LogP contribution is -2.03. The van der Waals surface area contributed by atoms with Crippen molar-refractivity contribution in [1.82, 2.24) is 4.98 Å². The van der Waals surface area contributed by atoms with Gasteiger partial charge in [-0.15, -0.1) is 11.3 Å². The molecule has 1 aromatic heterocycles. The maximum atomic E-state index is 12.8. The number of aromatic nitrogens is 1. The zero-order valence-corrected chi connectivity index (χ0v) is 17.1. The lowest BCUT2D eigenvalue weighted by molar-refractivity contribution is -0.137. The van der Waals surface area contributed by atoms with Crippen molar-refractivity contribution in [3.63, 3.8) is 0 Å². The number of aryl methyl sites for hydroxylation is 1. The van der Waals surface area contributed by atoms with E-state index in [0.29, 0.717) is 27.4 Å². The van der Waals surface area contributed by atoms with Crippen LogP contribution in [0.15, 0.2) is 72.1 Å². The highest BCUT2D eigenvalue weighted by Crippen LogP contribution is 2.35. The van der Waals surface area contributed by atoms with E-state index in [4.69, 9.17) is 0 Å². The van der Waals surface area contributed by atoms with Crippen molar-refractivity contribution in [2.75, 3.05) is 0 Å². The van der Waals surface area contributed by atoms with E-state index in [1.807, 2.05) is 37.3 Å². The number of nitrogens with zero attached hydrogens (tertiary/aromatic N) is 1. The van der Waals surface area contributed by atoms with Gasteiger partial charge in [-0.2, -0.15) is 13.2 Å². The van der Waals surface area contributed by atoms with Crippen molar-refractivity contribution in [3.05, 3.63) is 88.8 Å². The number of benzene rings is 3. The predicted octanol–water partition coefficient (Wildman–Crippen LogP) is 7.17. The summed E-state index contributed by atoms with van der Waals surface area (Å²) in [5.41, 5.74) is 3.61. The number of rotatable bonds is 4. The summed E-state index contributed by atoms with van der Waals surface area (Å²) in [6.07, 6.45) is -4.39. The Balaban J connectivity index is 1.70. The minimum absolute atomic E-state index is 0.165. The maximum Gasteiger partial charge on any atom is 0.416 e. The largest absolute Gasteiger partial charge is 0.478 e. The highest BCUT2D eigenvalue weighted by atomic mass is 32.1. The normalized spacial score (nSPS) is 11.5. The molecule has 3 nitrogen and oxygen atoms in total. The van der Waals surface area contributed by atoms with Crippen molar-refractivity contribution in [1.29, 1.82) is 0 Å². The number of carbonyl (C=O) groups is 1. The summed E-state index contributed by atoms with van der Waals surface area (Å²) in [6.45, 7) is 1.92. The van der Waals surface area contributed by atoms with E-state index in [1.54, 1.807) is 17.5 Å². The molecule has 0 fully saturated rings. The fraction of sp³-hybridized carbons (Fsp3) is 0.0833. The van der Waals surface area contributed by atoms with Gasteiger partial charge in [0.2, 0.25) is 0 Å². The van der Waals surface area contributed by atoms with Gasteiger partial charge in [-0.3, -0.25) is 0 Å². The van der Waals surface area contributed by atoms with Crippen LogP contribution < -0.4 is 0 Å². The van der Waals surface area contributed by atoms with Gasteiger partial charge in [0.25, 0.3) is 0 Å². The molecular formula is C24H16F3NO2S. The molecule has 7 heteroatoms. The average Bonchev–Trinajstić information content (AvgIpc) is 3.23. The molecule has 0 radical (unpaired) electrons. The van der Waals surface area contributed by atoms with Crippen LogP contribution in [0.3, 0.4) is 0 Å². The second-order valence-corrected chi connectivity index (χ2v) is 7.85. The first-order chi connectivity index (χ1) is 14.7. The van der Waals surface area contributed by atoms with Crippen LogP contribution in [0.4, 0.5) is 13.2 Å². The third kappa shape index (κ3) is 4.22. The standard InChI is InChI=1S/C24H16F3NO2S/c1-14-4-2-3-5-18(14)19-11-8-16(12-20(19)23(29)30)22-28-21(13-31-22)15-6-9-17(10-7-15)24(25,26)27/h2-13H,1H3,(H,29,30). The van der Waals surface area contributed by atoms with E-state index >= 15 is 0 Å². The first kappa shape index (κ1) is 20.8. The molecule has 0 saturated heterocycles. The first-order valence-electron chi connectivity index (χ1n) is 9.31. The van der Waals surface area contributed by atoms with Crippen molar-refractivity contribution >= 4 is 17.3 Å². The fourth-order valence-corrected chi connectivity index (χ4v) is 4.16. The van der Waals surface area contributed by atoms with Gasteiger partial charge in [-0.25, -0.2) is 9.78 Å². The number of aromatic carboxylic acids is 1. The van der Waals surface area contributed by atoms with Gasteiger partial charge < -0.3 is 5.11 Å². The monoisotopic (exact) mass is 439 g/mol. The number of carboxylic acids is 1. The van der Waals surface area contributed by atoms with Crippen molar-refractivity contribution < 1.29 is 23.1 Å². The molecule has 1 heterocycles. The topological polar surface area (TPSA) is 50.2 Å². The Labute approximate surface area is 180 Å². The van der Waals surface area contributed by atoms with Gasteiger partial charge in [-0.05, 0) is 41.8 Å². The summed E-state index contributed by atoms with van der Waals surface area (Å²) in [4.78, 5) is 16.4. The smallest absolute Gasteiger partial charge is 0.416 e. The van der Waals surface area contributed by atoms with Crippen LogP contribution in [0, 0.1) is 6.92 Å². The summed E-state index contributed by atoms with van der Waals surface area (Å²) in [7, 11) is 0. The summed E-state index contributed by atoms with van der Waals surface area (Å²) in [5.74, 6) is -1.04. The molecular weight excluding hydrogens is 423 g/mol. The lowest BCUT2D eigenvalue weighted by atomic mass is 9.94. The molecule has 0 amide bonds. The highest BCUT2D eigenvalue weighted by Gasteiger charge is 2.30. The highest BCUT2D eigenvalue weighted by molar-refractivity contribution is 7.13. The average molecular weight is 439 g/mol. The Morgan fingerprint density at radius 1 is 0.935 bits per heavy atom. The minimum atomic E-state index is -4.39. The third-order valence-corrected chi connectivity index (χ3v) is 5.84. The van der Waals surface area contributed by atoms with E-state index in [0.717, 1.165) is 23.3 Å². The van der Waals surface area contributed by atoms with E-state index in [-0.39, 0.29) is 5.56 Å². The van der Waals surface area contributed by atoms with E-state index in [1.165, 1.54) is 23.5 Å². The molecule has 0 aliphatic carbocycles. The Hall–Kier alpha value is -3.45. The zero-order chi connectivity index (χ0) is 22.2. The SMILES string of the molecule is Cc1ccccc1-c1ccc(-c2nc(-c3ccc(C(F)(F)F)cc3)cs2)cc1C(=O)O. The second-order valence-electron chi connectivity index (χ2n) is 6.99. The Kier molecular flexibility index (Phi) is 5.37. The molecule has 0 aliphatic heterocycles. The van der Waals surface area contributed by atoms with Crippen LogP contribution in [-0.2, 0) is 6.18 Å². The van der Waals surface area contributed by atoms with Crippen LogP contribution in [0.25, 0.3) is 33.0 Å². The summed E-state index contributed by atoms with van der Waals surface area (Å²) in [6, 6.07) is 17.5. The Bertz CT molecular complexity index is 1260. The summed E-state index contributed by atoms with van der Waals surface area (Å²) < 4.78 is 38.3. The molecule has 0 bridgehead atoms. The predicted molar refractivity (Wildman–Crippen MR) is 115 cm³/mol. The zero-order valence-electron chi connectivity index (χ0n) is 16.3. The van der Waals surface area contributed by atoms with E-state index in [9.17, 15) is 23.1 Å². The van der Waals surface area contributed by atoms with Crippen LogP contribution >= 0.6 is 11.3 Å². The molecule has 0 atom stereocenters. The number of hydrogen-bond donors (Lipinski definition) is 1. The molecule has 31 heavy (non-hydrogen) atoms. The minimum Gasteiger partial charge on any atom is -0.478 e. The number of hydrogen-bond acceptors (Lipinski definition) is 3. The molecule has 156 valence electrons. The molecule has 0 spiro atoms. The third-order valence-electron chi connectivity index (χ3n) is 4.94. The molecule has 0 aliphatic rings. The Morgan fingerprint density at radius 2 is 1.61 bits per heavy atom. The van der Waals surface area contributed by atoms with Gasteiger partial charge in [0, 0.05) is 16.5 Å². The quantitative estimate of drug-likeness (QED) is 0.367. The van der Waals surface area contributed by atoms with Gasteiger partial charge in [-0.1, -0.05) is 48.5 Å². The molecule has 3 aromatic carbocycles. The van der Waals surface area contributed by atoms with Crippen LogP contribution in [-0.4, -0.2) is 16.1 Å². The van der Waals surface area contributed by atoms with E-state index < -0.39 is 17.7 Å². The van der Waals surface area contributed by atoms with E-state index in [2.05, 4.69) is 4.98 Å². The number of halogens is 3. The summed E-state index contributed by atoms with van der Waals surface area (Å²) >= 11 is 1.31. The fourth-order valence-electron chi connectivity index (χ4n) is 3.33. The first-order valence-corrected chi connectivity index (χ1v) is 10.2. The molecule has 1 N–H and O–H groups in total. The van der Waals surface area contributed by atoms with Gasteiger partial charge >= 0.3 is 12.1 Å². The van der Waals surface area contributed by atoms with Crippen LogP contribution in [0.5, 0.6) is 0 Å². The van der Waals surface area contributed by atoms with Gasteiger partial charge in [0.15, 0.2) is 0 Å². The van der Waals surface area contributed by atoms with Crippen molar-refractivity contribution in [3.8, 4) is 33.0 Å². The molecule has 0 saturated carbocycles. The molecule has 4 aromatic rings. The molecule has 4 rings (SSSR count). The number of carboxylic acid groups (broad SMARTS) is 1. The van der Waals surface area contributed by atoms with Crippen LogP contribution in [0.1, 0.15) is 21.5 Å². The number of alkyl halides is 3. The Morgan fingerprint density at radius 3 is 2.26 bits per heavy atom. The lowest BCUT2D eigenvalue weighted by Gasteiger charge is -2.10. The van der Waals surface area contributed by atoms with Gasteiger partial charge in [0.1, 0.15) is 5.01 Å². The second kappa shape index (κ2) is 8.00. The van der Waals surface area contributed by atoms with Gasteiger partial charge in [0.05, 0.1) is 16.8 Å².